The number of aromatic nitrogens is 2. The average Bonchev–Trinajstić information content (AvgIpc) is 2.99. The Kier molecular flexibility index (Phi) is 3.69. The molecule has 0 bridgehead atoms. The van der Waals surface area contributed by atoms with Gasteiger partial charge in [-0.3, -0.25) is 9.48 Å². The summed E-state index contributed by atoms with van der Waals surface area (Å²) in [4.78, 5) is 14.0. The molecule has 1 atom stereocenters. The van der Waals surface area contributed by atoms with E-state index >= 15 is 0 Å². The molecule has 0 saturated heterocycles. The lowest BCUT2D eigenvalue weighted by atomic mass is 9.83. The van der Waals surface area contributed by atoms with Crippen molar-refractivity contribution < 1.29 is 4.79 Å². The van der Waals surface area contributed by atoms with E-state index in [4.69, 9.17) is 11.6 Å². The van der Waals surface area contributed by atoms with Gasteiger partial charge < -0.3 is 0 Å². The lowest BCUT2D eigenvalue weighted by molar-refractivity contribution is -0.120. The fourth-order valence-corrected chi connectivity index (χ4v) is 4.22. The predicted molar refractivity (Wildman–Crippen MR) is 81.7 cm³/mol. The predicted octanol–water partition coefficient (Wildman–Crippen LogP) is 3.68. The summed E-state index contributed by atoms with van der Waals surface area (Å²) in [6.07, 6.45) is 3.56. The first kappa shape index (κ1) is 13.8. The minimum Gasteiger partial charge on any atom is -0.299 e. The number of ketones is 1. The molecule has 3 nitrogen and oxygen atoms in total. The number of aryl methyl sites for hydroxylation is 3. The lowest BCUT2D eigenvalue weighted by Gasteiger charge is -2.21. The topological polar surface area (TPSA) is 34.9 Å². The number of thiophene rings is 1. The van der Waals surface area contributed by atoms with E-state index in [1.54, 1.807) is 23.1 Å². The van der Waals surface area contributed by atoms with Crippen molar-refractivity contribution >= 4 is 28.7 Å². The Morgan fingerprint density at radius 2 is 2.40 bits per heavy atom. The van der Waals surface area contributed by atoms with Crippen LogP contribution < -0.4 is 0 Å². The molecule has 0 saturated carbocycles. The largest absolute Gasteiger partial charge is 0.299 e. The first-order chi connectivity index (χ1) is 9.58. The lowest BCUT2D eigenvalue weighted by Crippen LogP contribution is -2.19. The van der Waals surface area contributed by atoms with E-state index in [1.165, 1.54) is 10.4 Å². The molecule has 0 fully saturated rings. The van der Waals surface area contributed by atoms with Crippen LogP contribution in [0.5, 0.6) is 0 Å². The summed E-state index contributed by atoms with van der Waals surface area (Å²) in [6.45, 7) is 1.91. The fraction of sp³-hybridized carbons (Fsp3) is 0.467. The normalized spacial score (nSPS) is 18.1. The van der Waals surface area contributed by atoms with Gasteiger partial charge in [0.05, 0.1) is 5.69 Å². The summed E-state index contributed by atoms with van der Waals surface area (Å²) in [5.74, 6) is 0.308. The summed E-state index contributed by atoms with van der Waals surface area (Å²) in [5, 5.41) is 6.95. The van der Waals surface area contributed by atoms with Gasteiger partial charge in [-0.2, -0.15) is 5.10 Å². The van der Waals surface area contributed by atoms with Crippen LogP contribution >= 0.6 is 22.9 Å². The summed E-state index contributed by atoms with van der Waals surface area (Å²) in [6, 6.07) is 2.11. The number of halogens is 1. The first-order valence-corrected chi connectivity index (χ1v) is 8.10. The highest BCUT2D eigenvalue weighted by Gasteiger charge is 2.28. The maximum absolute atomic E-state index is 12.7. The van der Waals surface area contributed by atoms with Gasteiger partial charge in [0.25, 0.3) is 0 Å². The second kappa shape index (κ2) is 5.34. The molecule has 0 N–H and O–H groups in total. The van der Waals surface area contributed by atoms with Crippen LogP contribution in [0.1, 0.15) is 40.5 Å². The van der Waals surface area contributed by atoms with Gasteiger partial charge in [-0.25, -0.2) is 0 Å². The molecule has 0 radical (unpaired) electrons. The molecule has 2 aromatic rings. The van der Waals surface area contributed by atoms with Gasteiger partial charge in [-0.15, -0.1) is 11.3 Å². The van der Waals surface area contributed by atoms with E-state index in [1.807, 2.05) is 6.92 Å². The second-order valence-corrected chi connectivity index (χ2v) is 6.72. The molecule has 0 spiro atoms. The Morgan fingerprint density at radius 1 is 1.60 bits per heavy atom. The van der Waals surface area contributed by atoms with Gasteiger partial charge in [0.15, 0.2) is 0 Å². The van der Waals surface area contributed by atoms with E-state index in [0.717, 1.165) is 30.5 Å². The Hall–Kier alpha value is -1.13. The van der Waals surface area contributed by atoms with Crippen LogP contribution in [0.4, 0.5) is 0 Å². The zero-order valence-corrected chi connectivity index (χ0v) is 13.2. The molecule has 0 aliphatic heterocycles. The summed E-state index contributed by atoms with van der Waals surface area (Å²) in [5.41, 5.74) is 2.97. The maximum Gasteiger partial charge on any atom is 0.144 e. The molecule has 5 heteroatoms. The Labute approximate surface area is 127 Å². The summed E-state index contributed by atoms with van der Waals surface area (Å²) < 4.78 is 1.64. The van der Waals surface area contributed by atoms with Crippen molar-refractivity contribution in [1.29, 1.82) is 0 Å². The molecule has 3 rings (SSSR count). The molecule has 1 aliphatic carbocycles. The number of nitrogens with zero attached hydrogens (tertiary/aromatic N) is 2. The van der Waals surface area contributed by atoms with Crippen molar-refractivity contribution in [3.63, 3.8) is 0 Å². The summed E-state index contributed by atoms with van der Waals surface area (Å²) in [7, 11) is 1.81. The second-order valence-electron chi connectivity index (χ2n) is 5.37. The van der Waals surface area contributed by atoms with E-state index in [2.05, 4.69) is 16.5 Å². The van der Waals surface area contributed by atoms with Crippen molar-refractivity contribution in [3.8, 4) is 0 Å². The maximum atomic E-state index is 12.7. The van der Waals surface area contributed by atoms with Gasteiger partial charge >= 0.3 is 0 Å². The zero-order chi connectivity index (χ0) is 14.3. The van der Waals surface area contributed by atoms with Crippen LogP contribution in [-0.4, -0.2) is 15.6 Å². The van der Waals surface area contributed by atoms with Crippen LogP contribution in [0, 0.1) is 6.92 Å². The monoisotopic (exact) mass is 308 g/mol. The Bertz CT molecular complexity index is 659. The molecular weight excluding hydrogens is 292 g/mol. The highest BCUT2D eigenvalue weighted by atomic mass is 35.5. The van der Waals surface area contributed by atoms with Crippen molar-refractivity contribution in [2.45, 2.75) is 38.5 Å². The van der Waals surface area contributed by atoms with Gasteiger partial charge in [0.1, 0.15) is 10.9 Å². The average molecular weight is 309 g/mol. The van der Waals surface area contributed by atoms with E-state index in [9.17, 15) is 4.79 Å². The Balaban J connectivity index is 1.85. The smallest absolute Gasteiger partial charge is 0.144 e. The van der Waals surface area contributed by atoms with Gasteiger partial charge in [-0.1, -0.05) is 11.6 Å². The molecule has 20 heavy (non-hydrogen) atoms. The van der Waals surface area contributed by atoms with Crippen LogP contribution in [0.25, 0.3) is 0 Å². The standard InChI is InChI=1S/C15H17ClN2OS/c1-9-12(15(16)18(2)17-9)8-13(19)10-4-3-5-14-11(10)6-7-20-14/h6-7,10H,3-5,8H2,1-2H3. The highest BCUT2D eigenvalue weighted by molar-refractivity contribution is 7.10. The molecule has 2 aromatic heterocycles. The van der Waals surface area contributed by atoms with Gasteiger partial charge in [0, 0.05) is 29.8 Å². The van der Waals surface area contributed by atoms with Crippen LogP contribution in [0.2, 0.25) is 5.15 Å². The third-order valence-corrected chi connectivity index (χ3v) is 5.53. The van der Waals surface area contributed by atoms with E-state index < -0.39 is 0 Å². The van der Waals surface area contributed by atoms with Crippen molar-refractivity contribution in [3.05, 3.63) is 38.3 Å². The van der Waals surface area contributed by atoms with Crippen LogP contribution in [-0.2, 0) is 24.7 Å². The SMILES string of the molecule is Cc1nn(C)c(Cl)c1CC(=O)C1CCCc2sccc21. The first-order valence-electron chi connectivity index (χ1n) is 6.85. The molecular formula is C15H17ClN2OS. The number of hydrogen-bond donors (Lipinski definition) is 0. The van der Waals surface area contributed by atoms with E-state index in [-0.39, 0.29) is 11.7 Å². The highest BCUT2D eigenvalue weighted by Crippen LogP contribution is 2.36. The number of Topliss-reactive ketones (excluding diaryl/α,β-unsaturated/α-hetero) is 1. The van der Waals surface area contributed by atoms with Gasteiger partial charge in [-0.05, 0) is 43.2 Å². The van der Waals surface area contributed by atoms with Crippen LogP contribution in [0.3, 0.4) is 0 Å². The number of rotatable bonds is 3. The van der Waals surface area contributed by atoms with Crippen molar-refractivity contribution in [1.82, 2.24) is 9.78 Å². The Morgan fingerprint density at radius 3 is 3.10 bits per heavy atom. The zero-order valence-electron chi connectivity index (χ0n) is 11.6. The number of fused-ring (bicyclic) bond motifs is 1. The third-order valence-electron chi connectivity index (χ3n) is 4.06. The molecule has 0 amide bonds. The molecule has 1 aliphatic rings. The number of carbonyl (C=O) groups is 1. The third kappa shape index (κ3) is 2.31. The quantitative estimate of drug-likeness (QED) is 0.867. The van der Waals surface area contributed by atoms with Crippen molar-refractivity contribution in [2.75, 3.05) is 0 Å². The molecule has 2 heterocycles. The minimum absolute atomic E-state index is 0.0423. The molecule has 1 unspecified atom stereocenters. The summed E-state index contributed by atoms with van der Waals surface area (Å²) >= 11 is 7.99. The minimum atomic E-state index is 0.0423. The number of hydrogen-bond acceptors (Lipinski definition) is 3. The number of carbonyl (C=O) groups excluding carboxylic acids is 1. The van der Waals surface area contributed by atoms with Crippen molar-refractivity contribution in [2.24, 2.45) is 7.05 Å². The van der Waals surface area contributed by atoms with Crippen LogP contribution in [0.15, 0.2) is 11.4 Å². The van der Waals surface area contributed by atoms with Gasteiger partial charge in [0.2, 0.25) is 0 Å². The van der Waals surface area contributed by atoms with E-state index in [0.29, 0.717) is 11.6 Å². The molecule has 106 valence electrons. The fourth-order valence-electron chi connectivity index (χ4n) is 2.99. The molecule has 0 aromatic carbocycles.